The van der Waals surface area contributed by atoms with E-state index in [-0.39, 0.29) is 5.60 Å². The van der Waals surface area contributed by atoms with E-state index in [2.05, 4.69) is 15.7 Å². The number of aromatic nitrogens is 1. The summed E-state index contributed by atoms with van der Waals surface area (Å²) in [6.45, 7) is 5.12. The molecule has 2 aliphatic rings. The minimum absolute atomic E-state index is 0.0495. The van der Waals surface area contributed by atoms with E-state index in [1.54, 1.807) is 11.3 Å². The van der Waals surface area contributed by atoms with Crippen LogP contribution in [-0.2, 0) is 16.0 Å². The van der Waals surface area contributed by atoms with Crippen LogP contribution in [0, 0.1) is 6.92 Å². The molecule has 0 amide bonds. The van der Waals surface area contributed by atoms with Crippen molar-refractivity contribution in [2.75, 3.05) is 19.8 Å². The van der Waals surface area contributed by atoms with Crippen LogP contribution in [0.5, 0.6) is 0 Å². The second kappa shape index (κ2) is 6.36. The zero-order chi connectivity index (χ0) is 15.7. The molecular formula is C17H22N2O3S. The predicted octanol–water partition coefficient (Wildman–Crippen LogP) is 3.14. The van der Waals surface area contributed by atoms with Crippen molar-refractivity contribution >= 4 is 11.3 Å². The van der Waals surface area contributed by atoms with Gasteiger partial charge in [-0.2, -0.15) is 11.3 Å². The lowest BCUT2D eigenvalue weighted by molar-refractivity contribution is -0.0886. The Morgan fingerprint density at radius 1 is 1.35 bits per heavy atom. The summed E-state index contributed by atoms with van der Waals surface area (Å²) in [5.74, 6) is 1.60. The van der Waals surface area contributed by atoms with Gasteiger partial charge >= 0.3 is 0 Å². The summed E-state index contributed by atoms with van der Waals surface area (Å²) < 4.78 is 17.4. The summed E-state index contributed by atoms with van der Waals surface area (Å²) in [4.78, 5) is 4.66. The maximum absolute atomic E-state index is 6.09. The number of aryl methyl sites for hydroxylation is 1. The molecule has 2 saturated heterocycles. The molecule has 0 aromatic carbocycles. The number of hydrogen-bond acceptors (Lipinski definition) is 6. The van der Waals surface area contributed by atoms with Crippen molar-refractivity contribution in [1.29, 1.82) is 0 Å². The summed E-state index contributed by atoms with van der Waals surface area (Å²) in [7, 11) is 0. The van der Waals surface area contributed by atoms with Crippen LogP contribution in [0.2, 0.25) is 0 Å². The van der Waals surface area contributed by atoms with Crippen molar-refractivity contribution in [1.82, 2.24) is 10.3 Å². The van der Waals surface area contributed by atoms with Crippen LogP contribution in [0.4, 0.5) is 0 Å². The minimum atomic E-state index is -0.0495. The van der Waals surface area contributed by atoms with E-state index in [0.717, 1.165) is 62.6 Å². The molecular weight excluding hydrogens is 312 g/mol. The molecule has 1 atom stereocenters. The van der Waals surface area contributed by atoms with Gasteiger partial charge in [0.05, 0.1) is 11.3 Å². The van der Waals surface area contributed by atoms with Gasteiger partial charge in [-0.3, -0.25) is 0 Å². The smallest absolute Gasteiger partial charge is 0.227 e. The largest absolute Gasteiger partial charge is 0.441 e. The first-order valence-electron chi connectivity index (χ1n) is 8.21. The Bertz CT molecular complexity index is 647. The Hall–Kier alpha value is -1.21. The third-order valence-corrected chi connectivity index (χ3v) is 5.63. The highest BCUT2D eigenvalue weighted by molar-refractivity contribution is 7.08. The number of oxazole rings is 1. The highest BCUT2D eigenvalue weighted by atomic mass is 32.1. The first-order chi connectivity index (χ1) is 11.3. The molecule has 2 aromatic heterocycles. The monoisotopic (exact) mass is 334 g/mol. The van der Waals surface area contributed by atoms with Crippen LogP contribution in [0.1, 0.15) is 30.7 Å². The van der Waals surface area contributed by atoms with Gasteiger partial charge in [0.2, 0.25) is 5.89 Å². The Morgan fingerprint density at radius 3 is 3.00 bits per heavy atom. The summed E-state index contributed by atoms with van der Waals surface area (Å²) in [6, 6.07) is 2.40. The maximum Gasteiger partial charge on any atom is 0.227 e. The third-order valence-electron chi connectivity index (χ3n) is 4.95. The topological polar surface area (TPSA) is 56.5 Å². The number of nitrogens with one attached hydrogen (secondary N) is 1. The molecule has 1 spiro atoms. The Morgan fingerprint density at radius 2 is 2.22 bits per heavy atom. The van der Waals surface area contributed by atoms with Gasteiger partial charge in [-0.25, -0.2) is 4.98 Å². The normalized spacial score (nSPS) is 23.6. The summed E-state index contributed by atoms with van der Waals surface area (Å²) in [6.07, 6.45) is 3.00. The Kier molecular flexibility index (Phi) is 4.24. The molecule has 0 bridgehead atoms. The highest BCUT2D eigenvalue weighted by Gasteiger charge is 2.45. The summed E-state index contributed by atoms with van der Waals surface area (Å²) >= 11 is 1.65. The van der Waals surface area contributed by atoms with Gasteiger partial charge < -0.3 is 19.2 Å². The Balaban J connectivity index is 1.44. The first-order valence-corrected chi connectivity index (χ1v) is 9.15. The fourth-order valence-corrected chi connectivity index (χ4v) is 4.19. The standard InChI is InChI=1S/C17H22N2O3S/c1-12-14(19-16(22-12)13-3-9-23-11-13)10-18-15-2-6-21-17(15)4-7-20-8-5-17/h3,9,11,15,18H,2,4-8,10H2,1H3. The molecule has 4 heterocycles. The average molecular weight is 334 g/mol. The number of thiophene rings is 1. The molecule has 5 nitrogen and oxygen atoms in total. The maximum atomic E-state index is 6.09. The molecule has 1 unspecified atom stereocenters. The average Bonchev–Trinajstić information content (AvgIpc) is 3.28. The number of ether oxygens (including phenoxy) is 2. The van der Waals surface area contributed by atoms with Crippen LogP contribution in [0.15, 0.2) is 21.2 Å². The van der Waals surface area contributed by atoms with Crippen LogP contribution in [-0.4, -0.2) is 36.4 Å². The second-order valence-electron chi connectivity index (χ2n) is 6.28. The number of rotatable bonds is 4. The zero-order valence-electron chi connectivity index (χ0n) is 13.3. The van der Waals surface area contributed by atoms with Gasteiger partial charge in [0, 0.05) is 56.2 Å². The van der Waals surface area contributed by atoms with E-state index in [1.165, 1.54) is 0 Å². The van der Waals surface area contributed by atoms with Gasteiger partial charge in [0.25, 0.3) is 0 Å². The van der Waals surface area contributed by atoms with Crippen molar-refractivity contribution in [3.8, 4) is 11.5 Å². The number of hydrogen-bond donors (Lipinski definition) is 1. The second-order valence-corrected chi connectivity index (χ2v) is 7.06. The molecule has 0 aliphatic carbocycles. The van der Waals surface area contributed by atoms with E-state index in [9.17, 15) is 0 Å². The minimum Gasteiger partial charge on any atom is -0.441 e. The lowest BCUT2D eigenvalue weighted by atomic mass is 9.86. The van der Waals surface area contributed by atoms with Gasteiger partial charge in [-0.15, -0.1) is 0 Å². The predicted molar refractivity (Wildman–Crippen MR) is 88.5 cm³/mol. The van der Waals surface area contributed by atoms with E-state index in [4.69, 9.17) is 13.9 Å². The van der Waals surface area contributed by atoms with Crippen molar-refractivity contribution in [3.05, 3.63) is 28.3 Å². The van der Waals surface area contributed by atoms with Crippen molar-refractivity contribution in [2.24, 2.45) is 0 Å². The molecule has 6 heteroatoms. The van der Waals surface area contributed by atoms with Gasteiger partial charge in [-0.05, 0) is 24.8 Å². The van der Waals surface area contributed by atoms with Gasteiger partial charge in [-0.1, -0.05) is 0 Å². The van der Waals surface area contributed by atoms with E-state index >= 15 is 0 Å². The molecule has 2 aliphatic heterocycles. The van der Waals surface area contributed by atoms with Crippen LogP contribution in [0.3, 0.4) is 0 Å². The lowest BCUT2D eigenvalue weighted by Crippen LogP contribution is -2.50. The van der Waals surface area contributed by atoms with Crippen molar-refractivity contribution in [3.63, 3.8) is 0 Å². The molecule has 1 N–H and O–H groups in total. The zero-order valence-corrected chi connectivity index (χ0v) is 14.2. The van der Waals surface area contributed by atoms with Crippen LogP contribution in [0.25, 0.3) is 11.5 Å². The molecule has 4 rings (SSSR count). The number of nitrogens with zero attached hydrogens (tertiary/aromatic N) is 1. The van der Waals surface area contributed by atoms with Gasteiger partial charge in [0.15, 0.2) is 0 Å². The molecule has 0 radical (unpaired) electrons. The van der Waals surface area contributed by atoms with E-state index in [0.29, 0.717) is 11.9 Å². The van der Waals surface area contributed by atoms with E-state index < -0.39 is 0 Å². The summed E-state index contributed by atoms with van der Waals surface area (Å²) in [5, 5.41) is 7.76. The van der Waals surface area contributed by atoms with Crippen molar-refractivity contribution < 1.29 is 13.9 Å². The molecule has 124 valence electrons. The fraction of sp³-hybridized carbons (Fsp3) is 0.588. The highest BCUT2D eigenvalue weighted by Crippen LogP contribution is 2.35. The molecule has 0 saturated carbocycles. The molecule has 2 fully saturated rings. The third kappa shape index (κ3) is 2.96. The quantitative estimate of drug-likeness (QED) is 0.931. The molecule has 23 heavy (non-hydrogen) atoms. The first kappa shape index (κ1) is 15.3. The summed E-state index contributed by atoms with van der Waals surface area (Å²) in [5.41, 5.74) is 1.99. The Labute approximate surface area is 140 Å². The fourth-order valence-electron chi connectivity index (χ4n) is 3.56. The van der Waals surface area contributed by atoms with Crippen LogP contribution < -0.4 is 5.32 Å². The van der Waals surface area contributed by atoms with Crippen LogP contribution >= 0.6 is 11.3 Å². The molecule has 2 aromatic rings. The van der Waals surface area contributed by atoms with Crippen molar-refractivity contribution in [2.45, 2.75) is 44.4 Å². The lowest BCUT2D eigenvalue weighted by Gasteiger charge is -2.38. The van der Waals surface area contributed by atoms with Gasteiger partial charge in [0.1, 0.15) is 5.76 Å². The SMILES string of the molecule is Cc1oc(-c2ccsc2)nc1CNC1CCOC12CCOCC2. The van der Waals surface area contributed by atoms with E-state index in [1.807, 2.05) is 18.4 Å².